The summed E-state index contributed by atoms with van der Waals surface area (Å²) in [5, 5.41) is 14.6. The minimum Gasteiger partial charge on any atom is -0.366 e. The van der Waals surface area contributed by atoms with Gasteiger partial charge >= 0.3 is 0 Å². The van der Waals surface area contributed by atoms with Gasteiger partial charge < -0.3 is 10.6 Å². The maximum atomic E-state index is 12.5. The molecule has 0 aromatic carbocycles. The molecule has 2 saturated carbocycles. The number of pyridine rings is 1. The minimum atomic E-state index is -0.218. The van der Waals surface area contributed by atoms with E-state index in [1.807, 2.05) is 6.07 Å². The molecule has 0 bridgehead atoms. The van der Waals surface area contributed by atoms with Crippen molar-refractivity contribution in [3.05, 3.63) is 40.8 Å². The third kappa shape index (κ3) is 3.42. The standard InChI is InChI=1S/C16H16ClN5O/c17-14-6-5-12(15(21-14)19-11-3-4-11)20-16(23)10-7-13(9-1-2-9)22-18-8-10/h5-9,11H,1-4H2,(H,19,21)(H,20,23). The van der Waals surface area contributed by atoms with Gasteiger partial charge in [-0.15, -0.1) is 0 Å². The van der Waals surface area contributed by atoms with Crippen LogP contribution in [0.3, 0.4) is 0 Å². The van der Waals surface area contributed by atoms with Gasteiger partial charge in [0, 0.05) is 12.0 Å². The average molecular weight is 330 g/mol. The van der Waals surface area contributed by atoms with Crippen molar-refractivity contribution in [1.82, 2.24) is 15.2 Å². The Hall–Kier alpha value is -2.21. The lowest BCUT2D eigenvalue weighted by atomic mass is 10.2. The van der Waals surface area contributed by atoms with Gasteiger partial charge in [0.2, 0.25) is 0 Å². The van der Waals surface area contributed by atoms with E-state index < -0.39 is 0 Å². The first-order chi connectivity index (χ1) is 11.2. The molecule has 0 aliphatic heterocycles. The van der Waals surface area contributed by atoms with Crippen molar-refractivity contribution in [3.63, 3.8) is 0 Å². The normalized spacial score (nSPS) is 16.9. The Morgan fingerprint density at radius 1 is 1.22 bits per heavy atom. The lowest BCUT2D eigenvalue weighted by Gasteiger charge is -2.12. The van der Waals surface area contributed by atoms with Crippen LogP contribution >= 0.6 is 11.6 Å². The van der Waals surface area contributed by atoms with Crippen LogP contribution in [0.5, 0.6) is 0 Å². The number of carbonyl (C=O) groups is 1. The van der Waals surface area contributed by atoms with E-state index in [-0.39, 0.29) is 5.91 Å². The zero-order valence-electron chi connectivity index (χ0n) is 12.4. The number of carbonyl (C=O) groups excluding carboxylic acids is 1. The summed E-state index contributed by atoms with van der Waals surface area (Å²) in [5.41, 5.74) is 2.02. The number of hydrogen-bond acceptors (Lipinski definition) is 5. The van der Waals surface area contributed by atoms with Crippen molar-refractivity contribution in [2.24, 2.45) is 0 Å². The van der Waals surface area contributed by atoms with Crippen molar-refractivity contribution >= 4 is 29.0 Å². The first-order valence-electron chi connectivity index (χ1n) is 7.76. The van der Waals surface area contributed by atoms with Gasteiger partial charge in [-0.2, -0.15) is 10.2 Å². The van der Waals surface area contributed by atoms with Crippen LogP contribution < -0.4 is 10.6 Å². The van der Waals surface area contributed by atoms with Crippen molar-refractivity contribution in [1.29, 1.82) is 0 Å². The average Bonchev–Trinajstić information content (AvgIpc) is 3.44. The summed E-state index contributed by atoms with van der Waals surface area (Å²) < 4.78 is 0. The van der Waals surface area contributed by atoms with E-state index in [0.29, 0.717) is 34.2 Å². The van der Waals surface area contributed by atoms with E-state index >= 15 is 0 Å². The summed E-state index contributed by atoms with van der Waals surface area (Å²) in [5.74, 6) is 0.849. The molecule has 2 heterocycles. The molecular weight excluding hydrogens is 314 g/mol. The van der Waals surface area contributed by atoms with Crippen LogP contribution in [0.15, 0.2) is 24.4 Å². The van der Waals surface area contributed by atoms with Gasteiger partial charge in [-0.05, 0) is 43.9 Å². The zero-order chi connectivity index (χ0) is 15.8. The second-order valence-corrected chi connectivity index (χ2v) is 6.43. The van der Waals surface area contributed by atoms with Crippen LogP contribution in [0.1, 0.15) is 47.7 Å². The minimum absolute atomic E-state index is 0.218. The Morgan fingerprint density at radius 3 is 2.78 bits per heavy atom. The predicted octanol–water partition coefficient (Wildman–Crippen LogP) is 3.23. The first-order valence-corrected chi connectivity index (χ1v) is 8.14. The van der Waals surface area contributed by atoms with Gasteiger partial charge in [-0.3, -0.25) is 4.79 Å². The fraction of sp³-hybridized carbons (Fsp3) is 0.375. The molecule has 2 aromatic heterocycles. The van der Waals surface area contributed by atoms with E-state index in [2.05, 4.69) is 25.8 Å². The lowest BCUT2D eigenvalue weighted by molar-refractivity contribution is 0.102. The summed E-state index contributed by atoms with van der Waals surface area (Å²) in [4.78, 5) is 16.7. The van der Waals surface area contributed by atoms with Crippen LogP contribution in [-0.2, 0) is 0 Å². The van der Waals surface area contributed by atoms with E-state index in [4.69, 9.17) is 11.6 Å². The van der Waals surface area contributed by atoms with Crippen molar-refractivity contribution in [2.45, 2.75) is 37.6 Å². The summed E-state index contributed by atoms with van der Waals surface area (Å²) in [6.45, 7) is 0. The highest BCUT2D eigenvalue weighted by molar-refractivity contribution is 6.29. The summed E-state index contributed by atoms with van der Waals surface area (Å²) in [7, 11) is 0. The van der Waals surface area contributed by atoms with Gasteiger partial charge in [-0.1, -0.05) is 11.6 Å². The number of hydrogen-bond donors (Lipinski definition) is 2. The Kier molecular flexibility index (Phi) is 3.61. The fourth-order valence-electron chi connectivity index (χ4n) is 2.35. The molecule has 23 heavy (non-hydrogen) atoms. The third-order valence-electron chi connectivity index (χ3n) is 3.96. The van der Waals surface area contributed by atoms with E-state index in [0.717, 1.165) is 31.4 Å². The molecule has 0 spiro atoms. The molecule has 7 heteroatoms. The molecule has 2 fully saturated rings. The number of aromatic nitrogens is 3. The van der Waals surface area contributed by atoms with Gasteiger partial charge in [0.25, 0.3) is 5.91 Å². The van der Waals surface area contributed by atoms with Crippen LogP contribution in [-0.4, -0.2) is 27.1 Å². The molecule has 2 aliphatic rings. The molecule has 118 valence electrons. The highest BCUT2D eigenvalue weighted by atomic mass is 35.5. The topological polar surface area (TPSA) is 79.8 Å². The smallest absolute Gasteiger partial charge is 0.257 e. The molecule has 6 nitrogen and oxygen atoms in total. The molecule has 0 atom stereocenters. The van der Waals surface area contributed by atoms with Crippen LogP contribution in [0.2, 0.25) is 5.15 Å². The maximum Gasteiger partial charge on any atom is 0.257 e. The summed E-state index contributed by atoms with van der Waals surface area (Å²) in [6, 6.07) is 5.65. The SMILES string of the molecule is O=C(Nc1ccc(Cl)nc1NC1CC1)c1cnnc(C2CC2)c1. The molecule has 2 aliphatic carbocycles. The Balaban J connectivity index is 1.54. The highest BCUT2D eigenvalue weighted by Crippen LogP contribution is 2.38. The Labute approximate surface area is 138 Å². The molecule has 2 aromatic rings. The molecule has 4 rings (SSSR count). The molecule has 1 amide bonds. The maximum absolute atomic E-state index is 12.5. The number of nitrogens with one attached hydrogen (secondary N) is 2. The second kappa shape index (κ2) is 5.77. The summed E-state index contributed by atoms with van der Waals surface area (Å²) in [6.07, 6.45) is 5.95. The lowest BCUT2D eigenvalue weighted by Crippen LogP contribution is -2.16. The number of nitrogens with zero attached hydrogens (tertiary/aromatic N) is 3. The van der Waals surface area contributed by atoms with Crippen LogP contribution in [0.4, 0.5) is 11.5 Å². The number of halogens is 1. The zero-order valence-corrected chi connectivity index (χ0v) is 13.2. The molecule has 0 saturated heterocycles. The monoisotopic (exact) mass is 329 g/mol. The van der Waals surface area contributed by atoms with Crippen molar-refractivity contribution in [3.8, 4) is 0 Å². The van der Waals surface area contributed by atoms with Gasteiger partial charge in [0.1, 0.15) is 5.15 Å². The first kappa shape index (κ1) is 14.4. The van der Waals surface area contributed by atoms with E-state index in [1.165, 1.54) is 6.20 Å². The molecular formula is C16H16ClN5O. The van der Waals surface area contributed by atoms with Gasteiger partial charge in [-0.25, -0.2) is 4.98 Å². The largest absolute Gasteiger partial charge is 0.366 e. The molecule has 2 N–H and O–H groups in total. The third-order valence-corrected chi connectivity index (χ3v) is 4.17. The number of anilines is 2. The second-order valence-electron chi connectivity index (χ2n) is 6.05. The predicted molar refractivity (Wildman–Crippen MR) is 87.9 cm³/mol. The van der Waals surface area contributed by atoms with Crippen molar-refractivity contribution in [2.75, 3.05) is 10.6 Å². The van der Waals surface area contributed by atoms with E-state index in [1.54, 1.807) is 12.1 Å². The number of rotatable bonds is 5. The Morgan fingerprint density at radius 2 is 2.04 bits per heavy atom. The van der Waals surface area contributed by atoms with Crippen molar-refractivity contribution < 1.29 is 4.79 Å². The van der Waals surface area contributed by atoms with Crippen LogP contribution in [0.25, 0.3) is 0 Å². The molecule has 0 radical (unpaired) electrons. The highest BCUT2D eigenvalue weighted by Gasteiger charge is 2.26. The summed E-state index contributed by atoms with van der Waals surface area (Å²) >= 11 is 5.95. The van der Waals surface area contributed by atoms with Gasteiger partial charge in [0.15, 0.2) is 5.82 Å². The molecule has 0 unspecified atom stereocenters. The number of amides is 1. The van der Waals surface area contributed by atoms with Gasteiger partial charge in [0.05, 0.1) is 23.1 Å². The quantitative estimate of drug-likeness (QED) is 0.823. The Bertz CT molecular complexity index is 758. The van der Waals surface area contributed by atoms with Crippen LogP contribution in [0, 0.1) is 0 Å². The van der Waals surface area contributed by atoms with E-state index in [9.17, 15) is 4.79 Å². The fourth-order valence-corrected chi connectivity index (χ4v) is 2.50.